The minimum Gasteiger partial charge on any atom is -0.465 e. The van der Waals surface area contributed by atoms with Gasteiger partial charge in [0.15, 0.2) is 0 Å². The zero-order chi connectivity index (χ0) is 15.7. The van der Waals surface area contributed by atoms with E-state index >= 15 is 0 Å². The van der Waals surface area contributed by atoms with Crippen molar-refractivity contribution in [2.24, 2.45) is 0 Å². The van der Waals surface area contributed by atoms with E-state index in [2.05, 4.69) is 27.9 Å². The molecule has 3 rings (SSSR count). The molecule has 1 heterocycles. The Morgan fingerprint density at radius 3 is 2.86 bits per heavy atom. The number of amides is 1. The number of halogens is 1. The Labute approximate surface area is 146 Å². The largest absolute Gasteiger partial charge is 0.465 e. The summed E-state index contributed by atoms with van der Waals surface area (Å²) in [5.41, 5.74) is 2.14. The summed E-state index contributed by atoms with van der Waals surface area (Å²) in [4.78, 5) is 25.6. The number of carbonyl (C=O) groups is 2. The fraction of sp³-hybridized carbons (Fsp3) is 0.250. The van der Waals surface area contributed by atoms with Crippen LogP contribution in [-0.2, 0) is 17.6 Å². The molecule has 1 amide bonds. The van der Waals surface area contributed by atoms with Crippen LogP contribution in [0.1, 0.15) is 37.6 Å². The van der Waals surface area contributed by atoms with Crippen LogP contribution < -0.4 is 5.32 Å². The molecule has 0 fully saturated rings. The van der Waals surface area contributed by atoms with E-state index in [4.69, 9.17) is 4.74 Å². The van der Waals surface area contributed by atoms with Gasteiger partial charge in [-0.15, -0.1) is 11.3 Å². The maximum atomic E-state index is 12.4. The number of ether oxygens (including phenoxy) is 1. The van der Waals surface area contributed by atoms with Crippen molar-refractivity contribution in [2.75, 3.05) is 12.4 Å². The Morgan fingerprint density at radius 2 is 2.14 bits per heavy atom. The summed E-state index contributed by atoms with van der Waals surface area (Å²) in [5.74, 6) is -0.582. The molecule has 6 heteroatoms. The molecular weight excluding hydrogens is 413 g/mol. The van der Waals surface area contributed by atoms with Gasteiger partial charge in [-0.25, -0.2) is 4.79 Å². The van der Waals surface area contributed by atoms with Gasteiger partial charge >= 0.3 is 5.97 Å². The molecular formula is C16H14INO3S. The first-order valence-electron chi connectivity index (χ1n) is 6.90. The Bertz CT molecular complexity index is 754. The maximum absolute atomic E-state index is 12.4. The summed E-state index contributed by atoms with van der Waals surface area (Å²) in [6, 6.07) is 7.34. The fourth-order valence-corrected chi connectivity index (χ4v) is 4.43. The van der Waals surface area contributed by atoms with Crippen molar-refractivity contribution < 1.29 is 14.3 Å². The Hall–Kier alpha value is -1.41. The summed E-state index contributed by atoms with van der Waals surface area (Å²) in [7, 11) is 1.37. The molecule has 0 saturated carbocycles. The second-order valence-electron chi connectivity index (χ2n) is 5.02. The minimum absolute atomic E-state index is 0.205. The lowest BCUT2D eigenvalue weighted by Gasteiger charge is -2.07. The quantitative estimate of drug-likeness (QED) is 0.598. The first-order chi connectivity index (χ1) is 10.6. The van der Waals surface area contributed by atoms with E-state index in [1.807, 2.05) is 18.2 Å². The molecule has 0 saturated heterocycles. The molecule has 114 valence electrons. The minimum atomic E-state index is -0.377. The van der Waals surface area contributed by atoms with E-state index in [0.717, 1.165) is 28.4 Å². The number of benzene rings is 1. The molecule has 0 atom stereocenters. The van der Waals surface area contributed by atoms with E-state index < -0.39 is 0 Å². The number of carbonyl (C=O) groups excluding carboxylic acids is 2. The summed E-state index contributed by atoms with van der Waals surface area (Å²) < 4.78 is 5.87. The molecule has 22 heavy (non-hydrogen) atoms. The number of methoxy groups -OCH3 is 1. The monoisotopic (exact) mass is 427 g/mol. The number of hydrogen-bond acceptors (Lipinski definition) is 4. The van der Waals surface area contributed by atoms with Crippen LogP contribution in [0.15, 0.2) is 24.3 Å². The van der Waals surface area contributed by atoms with Crippen LogP contribution in [0.5, 0.6) is 0 Å². The van der Waals surface area contributed by atoms with Crippen LogP contribution in [0.2, 0.25) is 0 Å². The van der Waals surface area contributed by atoms with Gasteiger partial charge in [0.05, 0.1) is 12.7 Å². The molecule has 0 spiro atoms. The first kappa shape index (κ1) is 15.5. The smallest absolute Gasteiger partial charge is 0.341 e. The van der Waals surface area contributed by atoms with Gasteiger partial charge in [-0.1, -0.05) is 6.07 Å². The van der Waals surface area contributed by atoms with Crippen molar-refractivity contribution in [1.82, 2.24) is 0 Å². The van der Waals surface area contributed by atoms with E-state index in [-0.39, 0.29) is 11.9 Å². The summed E-state index contributed by atoms with van der Waals surface area (Å²) in [5, 5.41) is 3.47. The zero-order valence-corrected chi connectivity index (χ0v) is 14.9. The highest BCUT2D eigenvalue weighted by atomic mass is 127. The number of esters is 1. The van der Waals surface area contributed by atoms with Gasteiger partial charge in [-0.3, -0.25) is 4.79 Å². The summed E-state index contributed by atoms with van der Waals surface area (Å²) >= 11 is 3.65. The Morgan fingerprint density at radius 1 is 1.32 bits per heavy atom. The van der Waals surface area contributed by atoms with Gasteiger partial charge in [-0.05, 0) is 65.6 Å². The van der Waals surface area contributed by atoms with Gasteiger partial charge in [-0.2, -0.15) is 0 Å². The molecule has 0 bridgehead atoms. The lowest BCUT2D eigenvalue weighted by molar-refractivity contribution is 0.0601. The van der Waals surface area contributed by atoms with Crippen molar-refractivity contribution in [3.8, 4) is 0 Å². The van der Waals surface area contributed by atoms with Gasteiger partial charge in [0, 0.05) is 14.0 Å². The maximum Gasteiger partial charge on any atom is 0.341 e. The predicted molar refractivity (Wildman–Crippen MR) is 94.8 cm³/mol. The average molecular weight is 427 g/mol. The summed E-state index contributed by atoms with van der Waals surface area (Å²) in [6.07, 6.45) is 2.88. The van der Waals surface area contributed by atoms with Crippen LogP contribution in [0.25, 0.3) is 0 Å². The standard InChI is InChI=1S/C16H14INO3S/c1-21-16(20)13-11-6-3-7-12(11)22-15(13)18-14(19)9-4-2-5-10(17)8-9/h2,4-5,8H,3,6-7H2,1H3,(H,18,19). The van der Waals surface area contributed by atoms with E-state index in [1.165, 1.54) is 23.3 Å². The molecule has 0 radical (unpaired) electrons. The highest BCUT2D eigenvalue weighted by molar-refractivity contribution is 14.1. The van der Waals surface area contributed by atoms with Crippen LogP contribution in [0, 0.1) is 3.57 Å². The number of fused-ring (bicyclic) bond motifs is 1. The predicted octanol–water partition coefficient (Wildman–Crippen LogP) is 3.88. The van der Waals surface area contributed by atoms with E-state index in [9.17, 15) is 9.59 Å². The van der Waals surface area contributed by atoms with Gasteiger partial charge in [0.1, 0.15) is 5.00 Å². The third-order valence-electron chi connectivity index (χ3n) is 3.62. The third kappa shape index (κ3) is 2.89. The van der Waals surface area contributed by atoms with Crippen LogP contribution >= 0.6 is 33.9 Å². The van der Waals surface area contributed by atoms with Crippen LogP contribution in [-0.4, -0.2) is 19.0 Å². The zero-order valence-electron chi connectivity index (χ0n) is 11.9. The molecule has 2 aromatic rings. The Kier molecular flexibility index (Phi) is 4.49. The molecule has 4 nitrogen and oxygen atoms in total. The second kappa shape index (κ2) is 6.37. The number of aryl methyl sites for hydroxylation is 1. The average Bonchev–Trinajstić information content (AvgIpc) is 3.07. The van der Waals surface area contributed by atoms with E-state index in [1.54, 1.807) is 6.07 Å². The second-order valence-corrected chi connectivity index (χ2v) is 7.37. The van der Waals surface area contributed by atoms with Crippen molar-refractivity contribution in [3.05, 3.63) is 49.4 Å². The number of nitrogens with one attached hydrogen (secondary N) is 1. The lowest BCUT2D eigenvalue weighted by Crippen LogP contribution is -2.14. The van der Waals surface area contributed by atoms with Gasteiger partial charge in [0.25, 0.3) is 5.91 Å². The SMILES string of the molecule is COC(=O)c1c(NC(=O)c2cccc(I)c2)sc2c1CCC2. The Balaban J connectivity index is 1.92. The van der Waals surface area contributed by atoms with Crippen molar-refractivity contribution in [3.63, 3.8) is 0 Å². The number of thiophene rings is 1. The van der Waals surface area contributed by atoms with Gasteiger partial charge < -0.3 is 10.1 Å². The molecule has 1 N–H and O–H groups in total. The topological polar surface area (TPSA) is 55.4 Å². The molecule has 1 aliphatic carbocycles. The molecule has 1 aliphatic rings. The summed E-state index contributed by atoms with van der Waals surface area (Å²) in [6.45, 7) is 0. The van der Waals surface area contributed by atoms with Gasteiger partial charge in [0.2, 0.25) is 0 Å². The lowest BCUT2D eigenvalue weighted by atomic mass is 10.1. The molecule has 1 aromatic heterocycles. The highest BCUT2D eigenvalue weighted by Crippen LogP contribution is 2.39. The van der Waals surface area contributed by atoms with Crippen LogP contribution in [0.4, 0.5) is 5.00 Å². The third-order valence-corrected chi connectivity index (χ3v) is 5.50. The normalized spacial score (nSPS) is 12.8. The number of rotatable bonds is 3. The fourth-order valence-electron chi connectivity index (χ4n) is 2.62. The number of anilines is 1. The van der Waals surface area contributed by atoms with Crippen molar-refractivity contribution >= 4 is 50.8 Å². The van der Waals surface area contributed by atoms with E-state index in [0.29, 0.717) is 16.1 Å². The molecule has 0 aliphatic heterocycles. The number of hydrogen-bond donors (Lipinski definition) is 1. The van der Waals surface area contributed by atoms with Crippen LogP contribution in [0.3, 0.4) is 0 Å². The van der Waals surface area contributed by atoms with Crippen molar-refractivity contribution in [2.45, 2.75) is 19.3 Å². The van der Waals surface area contributed by atoms with Crippen molar-refractivity contribution in [1.29, 1.82) is 0 Å². The first-order valence-corrected chi connectivity index (χ1v) is 8.79. The highest BCUT2D eigenvalue weighted by Gasteiger charge is 2.28. The molecule has 1 aromatic carbocycles. The molecule has 0 unspecified atom stereocenters.